The zero-order chi connectivity index (χ0) is 22.7. The summed E-state index contributed by atoms with van der Waals surface area (Å²) in [6.07, 6.45) is 1.52. The van der Waals surface area contributed by atoms with E-state index in [0.717, 1.165) is 5.56 Å². The molecule has 0 atom stereocenters. The number of halogens is 3. The highest BCUT2D eigenvalue weighted by Crippen LogP contribution is 2.27. The number of benzene rings is 3. The van der Waals surface area contributed by atoms with Crippen molar-refractivity contribution in [1.29, 1.82) is 0 Å². The first-order valence-corrected chi connectivity index (χ1v) is 9.66. The Morgan fingerprint density at radius 1 is 0.969 bits per heavy atom. The first kappa shape index (κ1) is 21.2. The van der Waals surface area contributed by atoms with E-state index in [9.17, 15) is 18.0 Å². The lowest BCUT2D eigenvalue weighted by Crippen LogP contribution is -2.14. The summed E-state index contributed by atoms with van der Waals surface area (Å²) in [6, 6.07) is 17.5. The Morgan fingerprint density at radius 2 is 1.72 bits per heavy atom. The van der Waals surface area contributed by atoms with Crippen LogP contribution in [0.5, 0.6) is 5.75 Å². The molecule has 0 fully saturated rings. The zero-order valence-electron chi connectivity index (χ0n) is 17.0. The van der Waals surface area contributed by atoms with Gasteiger partial charge in [-0.1, -0.05) is 42.5 Å². The van der Waals surface area contributed by atoms with Crippen LogP contribution in [-0.2, 0) is 6.54 Å². The van der Waals surface area contributed by atoms with Crippen molar-refractivity contribution >= 4 is 11.6 Å². The third-order valence-electron chi connectivity index (χ3n) is 4.80. The molecule has 0 bridgehead atoms. The molecule has 0 aliphatic heterocycles. The summed E-state index contributed by atoms with van der Waals surface area (Å²) < 4.78 is 47.7. The number of aromatic nitrogens is 2. The van der Waals surface area contributed by atoms with E-state index < -0.39 is 29.0 Å². The minimum absolute atomic E-state index is 0.137. The molecule has 0 saturated carbocycles. The monoisotopic (exact) mass is 437 g/mol. The number of hydrogen-bond acceptors (Lipinski definition) is 3. The number of carbonyl (C=O) groups excluding carboxylic acids is 1. The van der Waals surface area contributed by atoms with Crippen molar-refractivity contribution < 1.29 is 22.7 Å². The van der Waals surface area contributed by atoms with Gasteiger partial charge in [-0.25, -0.2) is 13.2 Å². The molecular formula is C24H18F3N3O2. The Kier molecular flexibility index (Phi) is 5.93. The second kappa shape index (κ2) is 8.97. The van der Waals surface area contributed by atoms with E-state index in [1.54, 1.807) is 28.9 Å². The van der Waals surface area contributed by atoms with Gasteiger partial charge >= 0.3 is 0 Å². The Hall–Kier alpha value is -4.07. The van der Waals surface area contributed by atoms with Crippen LogP contribution in [0, 0.1) is 17.5 Å². The standard InChI is InChI=1S/C24H18F3N3O2/c1-32-17-9-5-8-16(10-17)23-18(14-30(29-23)13-15-6-3-2-4-7-15)24(31)28-22-12-20(26)19(25)11-21(22)27/h2-12,14H,13H2,1H3,(H,28,31). The number of nitrogens with zero attached hydrogens (tertiary/aromatic N) is 2. The highest BCUT2D eigenvalue weighted by Gasteiger charge is 2.21. The minimum Gasteiger partial charge on any atom is -0.497 e. The molecule has 0 radical (unpaired) electrons. The van der Waals surface area contributed by atoms with Gasteiger partial charge in [0, 0.05) is 23.9 Å². The maximum atomic E-state index is 14.1. The molecule has 1 aromatic heterocycles. The Bertz CT molecular complexity index is 1270. The van der Waals surface area contributed by atoms with Gasteiger partial charge in [-0.15, -0.1) is 0 Å². The molecule has 1 N–H and O–H groups in total. The molecule has 162 valence electrons. The van der Waals surface area contributed by atoms with Crippen LogP contribution in [0.1, 0.15) is 15.9 Å². The van der Waals surface area contributed by atoms with E-state index in [-0.39, 0.29) is 5.56 Å². The van der Waals surface area contributed by atoms with Gasteiger partial charge in [-0.05, 0) is 17.7 Å². The van der Waals surface area contributed by atoms with E-state index in [0.29, 0.717) is 35.7 Å². The van der Waals surface area contributed by atoms with Gasteiger partial charge in [0.15, 0.2) is 11.6 Å². The molecule has 1 amide bonds. The molecule has 0 spiro atoms. The topological polar surface area (TPSA) is 56.2 Å². The molecule has 0 aliphatic carbocycles. The van der Waals surface area contributed by atoms with Crippen LogP contribution in [0.2, 0.25) is 0 Å². The molecule has 1 heterocycles. The molecular weight excluding hydrogens is 419 g/mol. The highest BCUT2D eigenvalue weighted by molar-refractivity contribution is 6.08. The first-order valence-electron chi connectivity index (χ1n) is 9.66. The lowest BCUT2D eigenvalue weighted by atomic mass is 10.1. The van der Waals surface area contributed by atoms with Crippen molar-refractivity contribution in [2.75, 3.05) is 12.4 Å². The summed E-state index contributed by atoms with van der Waals surface area (Å²) in [5, 5.41) is 6.85. The summed E-state index contributed by atoms with van der Waals surface area (Å²) in [4.78, 5) is 13.0. The maximum absolute atomic E-state index is 14.1. The van der Waals surface area contributed by atoms with Crippen LogP contribution in [0.4, 0.5) is 18.9 Å². The molecule has 0 saturated heterocycles. The van der Waals surface area contributed by atoms with Gasteiger partial charge in [-0.2, -0.15) is 5.10 Å². The van der Waals surface area contributed by atoms with Crippen molar-refractivity contribution in [3.8, 4) is 17.0 Å². The van der Waals surface area contributed by atoms with Gasteiger partial charge < -0.3 is 10.1 Å². The predicted octanol–water partition coefficient (Wildman–Crippen LogP) is 5.28. The molecule has 32 heavy (non-hydrogen) atoms. The number of anilines is 1. The van der Waals surface area contributed by atoms with E-state index >= 15 is 0 Å². The number of carbonyl (C=O) groups is 1. The molecule has 0 aliphatic rings. The van der Waals surface area contributed by atoms with Crippen LogP contribution in [-0.4, -0.2) is 22.8 Å². The summed E-state index contributed by atoms with van der Waals surface area (Å²) >= 11 is 0. The normalized spacial score (nSPS) is 10.8. The van der Waals surface area contributed by atoms with Crippen LogP contribution in [0.25, 0.3) is 11.3 Å². The van der Waals surface area contributed by atoms with Crippen LogP contribution < -0.4 is 10.1 Å². The van der Waals surface area contributed by atoms with Gasteiger partial charge in [0.05, 0.1) is 24.9 Å². The number of methoxy groups -OCH3 is 1. The van der Waals surface area contributed by atoms with Crippen LogP contribution in [0.3, 0.4) is 0 Å². The second-order valence-corrected chi connectivity index (χ2v) is 7.01. The average molecular weight is 437 g/mol. The van der Waals surface area contributed by atoms with Crippen LogP contribution in [0.15, 0.2) is 72.9 Å². The molecule has 0 unspecified atom stereocenters. The van der Waals surface area contributed by atoms with Gasteiger partial charge in [-0.3, -0.25) is 9.48 Å². The average Bonchev–Trinajstić information content (AvgIpc) is 3.22. The van der Waals surface area contributed by atoms with Crippen molar-refractivity contribution in [2.24, 2.45) is 0 Å². The van der Waals surface area contributed by atoms with Crippen molar-refractivity contribution in [1.82, 2.24) is 9.78 Å². The third-order valence-corrected chi connectivity index (χ3v) is 4.80. The number of ether oxygens (including phenoxy) is 1. The second-order valence-electron chi connectivity index (χ2n) is 7.01. The zero-order valence-corrected chi connectivity index (χ0v) is 17.0. The van der Waals surface area contributed by atoms with Crippen molar-refractivity contribution in [3.05, 3.63) is 102 Å². The fraction of sp³-hybridized carbons (Fsp3) is 0.0833. The summed E-state index contributed by atoms with van der Waals surface area (Å²) in [6.45, 7) is 0.393. The van der Waals surface area contributed by atoms with Gasteiger partial charge in [0.25, 0.3) is 5.91 Å². The summed E-state index contributed by atoms with van der Waals surface area (Å²) in [7, 11) is 1.52. The van der Waals surface area contributed by atoms with Crippen molar-refractivity contribution in [3.63, 3.8) is 0 Å². The van der Waals surface area contributed by atoms with E-state index in [1.807, 2.05) is 30.3 Å². The highest BCUT2D eigenvalue weighted by atomic mass is 19.2. The first-order chi connectivity index (χ1) is 15.4. The summed E-state index contributed by atoms with van der Waals surface area (Å²) in [5.41, 5.74) is 1.57. The summed E-state index contributed by atoms with van der Waals surface area (Å²) in [5.74, 6) is -3.84. The van der Waals surface area contributed by atoms with E-state index in [2.05, 4.69) is 10.4 Å². The SMILES string of the molecule is COc1cccc(-c2nn(Cc3ccccc3)cc2C(=O)Nc2cc(F)c(F)cc2F)c1. The number of rotatable bonds is 6. The molecule has 3 aromatic carbocycles. The number of amides is 1. The fourth-order valence-corrected chi connectivity index (χ4v) is 3.23. The molecule has 8 heteroatoms. The number of nitrogens with one attached hydrogen (secondary N) is 1. The molecule has 5 nitrogen and oxygen atoms in total. The Balaban J connectivity index is 1.73. The van der Waals surface area contributed by atoms with Gasteiger partial charge in [0.1, 0.15) is 17.3 Å². The quantitative estimate of drug-likeness (QED) is 0.418. The third kappa shape index (κ3) is 4.49. The van der Waals surface area contributed by atoms with Gasteiger partial charge in [0.2, 0.25) is 0 Å². The Morgan fingerprint density at radius 3 is 2.47 bits per heavy atom. The largest absolute Gasteiger partial charge is 0.497 e. The number of hydrogen-bond donors (Lipinski definition) is 1. The predicted molar refractivity (Wildman–Crippen MR) is 114 cm³/mol. The van der Waals surface area contributed by atoms with E-state index in [4.69, 9.17) is 4.74 Å². The van der Waals surface area contributed by atoms with E-state index in [1.165, 1.54) is 13.3 Å². The minimum atomic E-state index is -1.34. The molecule has 4 aromatic rings. The molecule has 4 rings (SSSR count). The van der Waals surface area contributed by atoms with Crippen molar-refractivity contribution in [2.45, 2.75) is 6.54 Å². The maximum Gasteiger partial charge on any atom is 0.259 e. The lowest BCUT2D eigenvalue weighted by Gasteiger charge is -2.08. The fourth-order valence-electron chi connectivity index (χ4n) is 3.23. The smallest absolute Gasteiger partial charge is 0.259 e. The lowest BCUT2D eigenvalue weighted by molar-refractivity contribution is 0.102. The Labute approximate surface area is 182 Å². The van der Waals surface area contributed by atoms with Crippen LogP contribution >= 0.6 is 0 Å².